The molecular formula is C70H94BrN15O. The van der Waals surface area contributed by atoms with E-state index in [9.17, 15) is 20.9 Å². The molecule has 4 fully saturated rings. The van der Waals surface area contributed by atoms with E-state index in [2.05, 4.69) is 123 Å². The highest BCUT2D eigenvalue weighted by atomic mass is 79.9. The lowest BCUT2D eigenvalue weighted by Gasteiger charge is -2.27. The number of aliphatic hydroxyl groups is 1. The van der Waals surface area contributed by atoms with Crippen LogP contribution in [0.2, 0.25) is 0 Å². The molecule has 87 heavy (non-hydrogen) atoms. The molecule has 0 amide bonds. The fourth-order valence-electron chi connectivity index (χ4n) is 14.2. The van der Waals surface area contributed by atoms with E-state index in [1.165, 1.54) is 114 Å². The summed E-state index contributed by atoms with van der Waals surface area (Å²) in [6.45, 7) is 20.6. The van der Waals surface area contributed by atoms with Crippen LogP contribution in [-0.4, -0.2) is 95.7 Å². The van der Waals surface area contributed by atoms with Crippen molar-refractivity contribution in [2.45, 2.75) is 151 Å². The van der Waals surface area contributed by atoms with E-state index in [4.69, 9.17) is 19.9 Å². The fourth-order valence-corrected chi connectivity index (χ4v) is 14.8. The summed E-state index contributed by atoms with van der Waals surface area (Å²) in [6, 6.07) is 17.0. The lowest BCUT2D eigenvalue weighted by Crippen LogP contribution is -2.30. The first-order valence-corrected chi connectivity index (χ1v) is 33.3. The molecule has 12 rings (SSSR count). The predicted molar refractivity (Wildman–Crippen MR) is 359 cm³/mol. The Bertz CT molecular complexity index is 3620. The summed E-state index contributed by atoms with van der Waals surface area (Å²) in [6.07, 6.45) is 29.5. The van der Waals surface area contributed by atoms with Gasteiger partial charge in [-0.1, -0.05) is 51.4 Å². The van der Waals surface area contributed by atoms with Crippen molar-refractivity contribution in [3.63, 3.8) is 0 Å². The SMILES string of the molecule is CCN(CC1CCCC1)c1nc2c(Br)cn(C)c2cc1C#N.CCN(CC1CCCC1)c1nc2c(C)cn(C)c2cc1C#N.CCN(CC1CCCC1)c1nc2c(C)cn(C)c2cc1CO.CCN(CC1CCCC1)c1nc2ccn(C)c2cc1C#N. The van der Waals surface area contributed by atoms with Gasteiger partial charge >= 0.3 is 0 Å². The topological polar surface area (TPSA) is 176 Å². The van der Waals surface area contributed by atoms with Crippen LogP contribution in [-0.2, 0) is 34.8 Å². The molecule has 4 aliphatic carbocycles. The first kappa shape index (κ1) is 64.3. The van der Waals surface area contributed by atoms with Crippen molar-refractivity contribution in [2.75, 3.05) is 72.0 Å². The number of anilines is 4. The van der Waals surface area contributed by atoms with Crippen LogP contribution in [0.1, 0.15) is 164 Å². The highest BCUT2D eigenvalue weighted by molar-refractivity contribution is 9.10. The normalized spacial score (nSPS) is 15.5. The second-order valence-corrected chi connectivity index (χ2v) is 26.0. The Kier molecular flexibility index (Phi) is 22.0. The highest BCUT2D eigenvalue weighted by Gasteiger charge is 2.26. The zero-order valence-electron chi connectivity index (χ0n) is 53.7. The molecule has 8 aromatic heterocycles. The number of hydrogen-bond donors (Lipinski definition) is 1. The highest BCUT2D eigenvalue weighted by Crippen LogP contribution is 2.36. The molecular weight excluding hydrogens is 1150 g/mol. The van der Waals surface area contributed by atoms with Crippen LogP contribution in [0, 0.1) is 71.5 Å². The summed E-state index contributed by atoms with van der Waals surface area (Å²) in [5.74, 6) is 6.54. The van der Waals surface area contributed by atoms with Crippen molar-refractivity contribution >= 4 is 83.3 Å². The van der Waals surface area contributed by atoms with Crippen molar-refractivity contribution in [3.05, 3.63) is 93.0 Å². The van der Waals surface area contributed by atoms with Gasteiger partial charge in [0.2, 0.25) is 0 Å². The number of nitrogens with zero attached hydrogens (tertiary/aromatic N) is 15. The van der Waals surface area contributed by atoms with Gasteiger partial charge in [0, 0.05) is 111 Å². The van der Waals surface area contributed by atoms with Crippen LogP contribution >= 0.6 is 15.9 Å². The number of aliphatic hydroxyl groups excluding tert-OH is 1. The third-order valence-electron chi connectivity index (χ3n) is 19.1. The van der Waals surface area contributed by atoms with Crippen LogP contribution < -0.4 is 19.6 Å². The van der Waals surface area contributed by atoms with E-state index in [1.807, 2.05) is 74.0 Å². The molecule has 0 aliphatic heterocycles. The molecule has 8 heterocycles. The van der Waals surface area contributed by atoms with Gasteiger partial charge in [-0.25, -0.2) is 19.9 Å². The predicted octanol–water partition coefficient (Wildman–Crippen LogP) is 14.8. The maximum atomic E-state index is 9.80. The van der Waals surface area contributed by atoms with Gasteiger partial charge in [-0.2, -0.15) is 15.8 Å². The number of aromatic nitrogens is 8. The second-order valence-electron chi connectivity index (χ2n) is 25.2. The number of aryl methyl sites for hydroxylation is 6. The van der Waals surface area contributed by atoms with Crippen molar-refractivity contribution in [2.24, 2.45) is 51.9 Å². The summed E-state index contributed by atoms with van der Waals surface area (Å²) in [4.78, 5) is 28.6. The Labute approximate surface area is 525 Å². The van der Waals surface area contributed by atoms with Crippen molar-refractivity contribution in [3.8, 4) is 18.2 Å². The smallest absolute Gasteiger partial charge is 0.147 e. The Morgan fingerprint density at radius 2 is 0.805 bits per heavy atom. The second kappa shape index (κ2) is 29.7. The van der Waals surface area contributed by atoms with Crippen LogP contribution in [0.3, 0.4) is 0 Å². The van der Waals surface area contributed by atoms with Gasteiger partial charge in [0.1, 0.15) is 47.0 Å². The summed E-state index contributed by atoms with van der Waals surface area (Å²) < 4.78 is 9.14. The summed E-state index contributed by atoms with van der Waals surface area (Å²) in [5.41, 5.74) is 13.5. The Morgan fingerprint density at radius 3 is 1.20 bits per heavy atom. The van der Waals surface area contributed by atoms with Gasteiger partial charge in [-0.3, -0.25) is 0 Å². The lowest BCUT2D eigenvalue weighted by molar-refractivity contribution is 0.281. The standard InChI is InChI=1S/C18H24N4.C18H27N3O.C17H21BrN4.C17H22N4/c1-4-22(12-14-7-5-6-8-14)18-15(10-19)9-16-17(20-18)13(2)11-21(16)3;1-4-21(11-14-7-5-6-8-14)18-15(12-22)9-16-17(19-18)13(2)10-20(16)3;1-3-22(10-12-6-4-5-7-12)17-13(9-19)8-15-16(20-17)14(18)11-21(15)2;1-3-21(12-13-6-4-5-7-13)17-14(11-18)10-16-15(19-17)8-9-20(16)2/h9,11,14H,4-8,12H2,1-3H3;9-10,14,22H,4-8,11-12H2,1-3H3;8,11-12H,3-7,10H2,1-2H3;8-10,13H,3-7,12H2,1-2H3. The van der Waals surface area contributed by atoms with Crippen LogP contribution in [0.15, 0.2) is 59.6 Å². The Morgan fingerprint density at radius 1 is 0.471 bits per heavy atom. The van der Waals surface area contributed by atoms with Gasteiger partial charge < -0.3 is 43.0 Å². The number of nitriles is 3. The minimum absolute atomic E-state index is 0.0453. The van der Waals surface area contributed by atoms with Gasteiger partial charge in [-0.15, -0.1) is 0 Å². The van der Waals surface area contributed by atoms with E-state index in [-0.39, 0.29) is 6.61 Å². The molecule has 0 atom stereocenters. The minimum Gasteiger partial charge on any atom is -0.392 e. The van der Waals surface area contributed by atoms with Gasteiger partial charge in [0.25, 0.3) is 0 Å². The van der Waals surface area contributed by atoms with E-state index in [0.29, 0.717) is 16.7 Å². The Balaban J connectivity index is 0.000000138. The van der Waals surface area contributed by atoms with Gasteiger partial charge in [0.05, 0.1) is 66.4 Å². The van der Waals surface area contributed by atoms with Crippen LogP contribution in [0.4, 0.5) is 23.3 Å². The molecule has 1 N–H and O–H groups in total. The quantitative estimate of drug-likeness (QED) is 0.0914. The molecule has 0 unspecified atom stereocenters. The molecule has 8 aromatic rings. The monoisotopic (exact) mass is 1240 g/mol. The molecule has 0 bridgehead atoms. The van der Waals surface area contributed by atoms with Gasteiger partial charge in [-0.05, 0) is 174 Å². The minimum atomic E-state index is 0.0453. The number of pyridine rings is 4. The first-order chi connectivity index (χ1) is 42.1. The number of halogens is 1. The van der Waals surface area contributed by atoms with Crippen molar-refractivity contribution in [1.82, 2.24) is 38.2 Å². The molecule has 0 saturated heterocycles. The number of fused-ring (bicyclic) bond motifs is 4. The van der Waals surface area contributed by atoms with E-state index < -0.39 is 0 Å². The molecule has 0 spiro atoms. The molecule has 4 saturated carbocycles. The van der Waals surface area contributed by atoms with Gasteiger partial charge in [0.15, 0.2) is 0 Å². The maximum absolute atomic E-state index is 9.80. The third kappa shape index (κ3) is 14.7. The third-order valence-corrected chi connectivity index (χ3v) is 19.7. The molecule has 17 heteroatoms. The van der Waals surface area contributed by atoms with E-state index in [1.54, 1.807) is 0 Å². The molecule has 0 radical (unpaired) electrons. The molecule has 0 aromatic carbocycles. The molecule has 4 aliphatic rings. The van der Waals surface area contributed by atoms with Crippen LogP contribution in [0.25, 0.3) is 44.1 Å². The first-order valence-electron chi connectivity index (χ1n) is 32.5. The maximum Gasteiger partial charge on any atom is 0.147 e. The summed E-state index contributed by atoms with van der Waals surface area (Å²) >= 11 is 3.57. The summed E-state index contributed by atoms with van der Waals surface area (Å²) in [5, 5.41) is 38.4. The van der Waals surface area contributed by atoms with Crippen LogP contribution in [0.5, 0.6) is 0 Å². The zero-order valence-corrected chi connectivity index (χ0v) is 55.3. The average Bonchev–Trinajstić information content (AvgIpc) is 3.23. The largest absolute Gasteiger partial charge is 0.392 e. The lowest BCUT2D eigenvalue weighted by atomic mass is 10.1. The molecule has 16 nitrogen and oxygen atoms in total. The fraction of sp³-hybridized carbons (Fsp3) is 0.557. The molecule has 462 valence electrons. The average molecular weight is 1240 g/mol. The Hall–Kier alpha value is -7.13. The van der Waals surface area contributed by atoms with Crippen molar-refractivity contribution < 1.29 is 5.11 Å². The van der Waals surface area contributed by atoms with E-state index >= 15 is 0 Å². The zero-order chi connectivity index (χ0) is 61.9. The van der Waals surface area contributed by atoms with E-state index in [0.717, 1.165) is 153 Å². The number of rotatable bonds is 17. The van der Waals surface area contributed by atoms with Crippen molar-refractivity contribution in [1.29, 1.82) is 15.8 Å². The number of hydrogen-bond acceptors (Lipinski definition) is 12. The summed E-state index contributed by atoms with van der Waals surface area (Å²) in [7, 11) is 8.01.